The zero-order valence-electron chi connectivity index (χ0n) is 13.8. The molecule has 1 aromatic carbocycles. The average molecular weight is 329 g/mol. The van der Waals surface area contributed by atoms with Crippen molar-refractivity contribution >= 4 is 5.91 Å². The average Bonchev–Trinajstić information content (AvgIpc) is 2.95. The zero-order valence-corrected chi connectivity index (χ0v) is 13.8. The van der Waals surface area contributed by atoms with E-state index in [1.165, 1.54) is 10.7 Å². The van der Waals surface area contributed by atoms with Gasteiger partial charge in [0.1, 0.15) is 5.69 Å². The van der Waals surface area contributed by atoms with E-state index in [2.05, 4.69) is 10.4 Å². The van der Waals surface area contributed by atoms with Gasteiger partial charge in [0.15, 0.2) is 0 Å². The molecule has 6 nitrogen and oxygen atoms in total. The molecule has 1 amide bonds. The third-order valence-electron chi connectivity index (χ3n) is 4.56. The number of hydrogen-bond donors (Lipinski definition) is 3. The molecular weight excluding hydrogens is 306 g/mol. The van der Waals surface area contributed by atoms with Crippen LogP contribution in [0, 0.1) is 12.8 Å². The molecule has 1 aliphatic rings. The highest BCUT2D eigenvalue weighted by Crippen LogP contribution is 2.23. The number of aromatic amines is 1. The van der Waals surface area contributed by atoms with Gasteiger partial charge in [-0.05, 0) is 44.2 Å². The predicted molar refractivity (Wildman–Crippen MR) is 91.4 cm³/mol. The van der Waals surface area contributed by atoms with Crippen LogP contribution in [0.5, 0.6) is 0 Å². The van der Waals surface area contributed by atoms with Crippen molar-refractivity contribution in [3.05, 3.63) is 51.9 Å². The van der Waals surface area contributed by atoms with Gasteiger partial charge in [0, 0.05) is 12.6 Å². The fourth-order valence-electron chi connectivity index (χ4n) is 3.18. The number of aliphatic hydroxyl groups is 1. The molecule has 1 aromatic heterocycles. The summed E-state index contributed by atoms with van der Waals surface area (Å²) in [5.41, 5.74) is 1.78. The second kappa shape index (κ2) is 7.05. The Labute approximate surface area is 140 Å². The van der Waals surface area contributed by atoms with Gasteiger partial charge in [0.05, 0.1) is 11.8 Å². The number of amides is 1. The maximum atomic E-state index is 12.3. The van der Waals surface area contributed by atoms with Crippen LogP contribution in [0.3, 0.4) is 0 Å². The van der Waals surface area contributed by atoms with E-state index < -0.39 is 0 Å². The van der Waals surface area contributed by atoms with E-state index in [1.54, 1.807) is 0 Å². The van der Waals surface area contributed by atoms with Gasteiger partial charge in [0.2, 0.25) is 0 Å². The van der Waals surface area contributed by atoms with Crippen LogP contribution in [-0.4, -0.2) is 33.4 Å². The van der Waals surface area contributed by atoms with Crippen molar-refractivity contribution in [2.24, 2.45) is 5.92 Å². The van der Waals surface area contributed by atoms with Crippen LogP contribution in [0.4, 0.5) is 0 Å². The Morgan fingerprint density at radius 3 is 2.79 bits per heavy atom. The molecule has 0 radical (unpaired) electrons. The molecule has 24 heavy (non-hydrogen) atoms. The van der Waals surface area contributed by atoms with E-state index in [1.807, 2.05) is 31.2 Å². The molecule has 6 heteroatoms. The molecule has 1 saturated carbocycles. The van der Waals surface area contributed by atoms with Gasteiger partial charge in [-0.2, -0.15) is 0 Å². The summed E-state index contributed by atoms with van der Waals surface area (Å²) < 4.78 is 1.36. The molecule has 1 aliphatic carbocycles. The summed E-state index contributed by atoms with van der Waals surface area (Å²) in [5, 5.41) is 15.4. The summed E-state index contributed by atoms with van der Waals surface area (Å²) in [6.07, 6.45) is 3.31. The van der Waals surface area contributed by atoms with Crippen LogP contribution in [0.25, 0.3) is 5.69 Å². The van der Waals surface area contributed by atoms with Crippen molar-refractivity contribution < 1.29 is 9.90 Å². The summed E-state index contributed by atoms with van der Waals surface area (Å²) in [6, 6.07) is 8.80. The highest BCUT2D eigenvalue weighted by Gasteiger charge is 2.21. The second-order valence-corrected chi connectivity index (χ2v) is 6.58. The van der Waals surface area contributed by atoms with Crippen LogP contribution in [0.15, 0.2) is 35.1 Å². The molecule has 3 N–H and O–H groups in total. The summed E-state index contributed by atoms with van der Waals surface area (Å²) in [4.78, 5) is 24.4. The Bertz CT molecular complexity index is 761. The van der Waals surface area contributed by atoms with E-state index in [9.17, 15) is 14.7 Å². The lowest BCUT2D eigenvalue weighted by Crippen LogP contribution is -2.33. The van der Waals surface area contributed by atoms with Crippen molar-refractivity contribution in [2.75, 3.05) is 6.54 Å². The quantitative estimate of drug-likeness (QED) is 0.799. The van der Waals surface area contributed by atoms with Gasteiger partial charge in [0.25, 0.3) is 11.5 Å². The summed E-state index contributed by atoms with van der Waals surface area (Å²) in [6.45, 7) is 2.50. The first-order valence-corrected chi connectivity index (χ1v) is 8.38. The van der Waals surface area contributed by atoms with Crippen LogP contribution in [0.2, 0.25) is 0 Å². The minimum atomic E-state index is -0.293. The van der Waals surface area contributed by atoms with Gasteiger partial charge >= 0.3 is 0 Å². The smallest absolute Gasteiger partial charge is 0.271 e. The summed E-state index contributed by atoms with van der Waals surface area (Å²) in [5.74, 6) is 0.00151. The normalized spacial score (nSPS) is 20.8. The monoisotopic (exact) mass is 329 g/mol. The van der Waals surface area contributed by atoms with Crippen LogP contribution >= 0.6 is 0 Å². The highest BCUT2D eigenvalue weighted by atomic mass is 16.3. The molecule has 3 rings (SSSR count). The van der Waals surface area contributed by atoms with E-state index >= 15 is 0 Å². The van der Waals surface area contributed by atoms with Crippen molar-refractivity contribution in [1.29, 1.82) is 0 Å². The van der Waals surface area contributed by atoms with E-state index in [0.717, 1.165) is 31.2 Å². The second-order valence-electron chi connectivity index (χ2n) is 6.58. The molecule has 0 aliphatic heterocycles. The lowest BCUT2D eigenvalue weighted by molar-refractivity contribution is 0.0870. The maximum Gasteiger partial charge on any atom is 0.271 e. The van der Waals surface area contributed by atoms with Gasteiger partial charge in [-0.1, -0.05) is 24.1 Å². The van der Waals surface area contributed by atoms with Gasteiger partial charge < -0.3 is 10.4 Å². The standard InChI is InChI=1S/C18H23N3O3/c1-12-5-7-14(8-6-12)21-17(23)10-16(20-21)18(24)19-11-13-3-2-4-15(22)9-13/h5-8,10,13,15,20,22H,2-4,9,11H2,1H3,(H,19,24). The fourth-order valence-corrected chi connectivity index (χ4v) is 3.18. The number of carbonyl (C=O) groups excluding carboxylic acids is 1. The van der Waals surface area contributed by atoms with Crippen LogP contribution in [0.1, 0.15) is 41.7 Å². The van der Waals surface area contributed by atoms with Crippen molar-refractivity contribution in [1.82, 2.24) is 15.1 Å². The Balaban J connectivity index is 1.66. The third kappa shape index (κ3) is 3.76. The Morgan fingerprint density at radius 1 is 1.33 bits per heavy atom. The van der Waals surface area contributed by atoms with Crippen molar-refractivity contribution in [2.45, 2.75) is 38.7 Å². The molecule has 0 spiro atoms. The van der Waals surface area contributed by atoms with E-state index in [4.69, 9.17) is 0 Å². The topological polar surface area (TPSA) is 87.1 Å². The number of hydrogen-bond acceptors (Lipinski definition) is 3. The molecule has 0 bridgehead atoms. The molecule has 0 saturated heterocycles. The summed E-state index contributed by atoms with van der Waals surface area (Å²) in [7, 11) is 0. The Hall–Kier alpha value is -2.34. The summed E-state index contributed by atoms with van der Waals surface area (Å²) >= 11 is 0. The van der Waals surface area contributed by atoms with Crippen LogP contribution in [-0.2, 0) is 0 Å². The number of carbonyl (C=O) groups is 1. The number of H-pyrrole nitrogens is 1. The number of rotatable bonds is 4. The number of aliphatic hydroxyl groups excluding tert-OH is 1. The predicted octanol–water partition coefficient (Wildman–Crippen LogP) is 1.75. The molecule has 128 valence electrons. The van der Waals surface area contributed by atoms with Gasteiger partial charge in [-0.3, -0.25) is 14.7 Å². The maximum absolute atomic E-state index is 12.3. The molecular formula is C18H23N3O3. The molecule has 2 aromatic rings. The minimum absolute atomic E-state index is 0.247. The van der Waals surface area contributed by atoms with Gasteiger partial charge in [-0.15, -0.1) is 0 Å². The Morgan fingerprint density at radius 2 is 2.08 bits per heavy atom. The first kappa shape index (κ1) is 16.5. The Kier molecular flexibility index (Phi) is 4.85. The lowest BCUT2D eigenvalue weighted by atomic mass is 9.87. The number of benzene rings is 1. The minimum Gasteiger partial charge on any atom is -0.393 e. The van der Waals surface area contributed by atoms with E-state index in [-0.39, 0.29) is 23.3 Å². The number of aryl methyl sites for hydroxylation is 1. The molecule has 1 heterocycles. The number of nitrogens with zero attached hydrogens (tertiary/aromatic N) is 1. The molecule has 2 unspecified atom stereocenters. The SMILES string of the molecule is Cc1ccc(-n2[nH]c(C(=O)NCC3CCCC(O)C3)cc2=O)cc1. The largest absolute Gasteiger partial charge is 0.393 e. The van der Waals surface area contributed by atoms with Crippen LogP contribution < -0.4 is 10.9 Å². The first-order valence-electron chi connectivity index (χ1n) is 8.38. The van der Waals surface area contributed by atoms with Crippen molar-refractivity contribution in [3.8, 4) is 5.69 Å². The number of nitrogens with one attached hydrogen (secondary N) is 2. The fraction of sp³-hybridized carbons (Fsp3) is 0.444. The van der Waals surface area contributed by atoms with Crippen molar-refractivity contribution in [3.63, 3.8) is 0 Å². The zero-order chi connectivity index (χ0) is 17.1. The molecule has 2 atom stereocenters. The third-order valence-corrected chi connectivity index (χ3v) is 4.56. The number of aromatic nitrogens is 2. The molecule has 1 fully saturated rings. The highest BCUT2D eigenvalue weighted by molar-refractivity contribution is 5.92. The van der Waals surface area contributed by atoms with Gasteiger partial charge in [-0.25, -0.2) is 4.68 Å². The lowest BCUT2D eigenvalue weighted by Gasteiger charge is -2.25. The van der Waals surface area contributed by atoms with E-state index in [0.29, 0.717) is 18.2 Å². The first-order chi connectivity index (χ1) is 11.5.